The van der Waals surface area contributed by atoms with Crippen LogP contribution in [0, 0.1) is 0 Å². The Hall–Kier alpha value is -2.18. The number of hydrogen-bond donors (Lipinski definition) is 2. The maximum Gasteiger partial charge on any atom is 0.243 e. The molecule has 1 atom stereocenters. The molecule has 21 heavy (non-hydrogen) atoms. The van der Waals surface area contributed by atoms with Gasteiger partial charge in [0.15, 0.2) is 0 Å². The SMILES string of the molecule is O=C(Nc1cccc(Cn2cccn2)c1)C1COCCN1. The van der Waals surface area contributed by atoms with Crippen LogP contribution in [0.2, 0.25) is 0 Å². The van der Waals surface area contributed by atoms with Gasteiger partial charge in [0.1, 0.15) is 6.04 Å². The number of hydrogen-bond acceptors (Lipinski definition) is 4. The fourth-order valence-electron chi connectivity index (χ4n) is 2.29. The number of benzene rings is 1. The fourth-order valence-corrected chi connectivity index (χ4v) is 2.29. The first-order chi connectivity index (χ1) is 10.3. The lowest BCUT2D eigenvalue weighted by atomic mass is 10.2. The summed E-state index contributed by atoms with van der Waals surface area (Å²) in [6.45, 7) is 2.46. The van der Waals surface area contributed by atoms with Crippen LogP contribution in [-0.4, -0.2) is 41.5 Å². The number of anilines is 1. The standard InChI is InChI=1S/C15H18N4O2/c20-15(14-11-21-8-6-16-14)18-13-4-1-3-12(9-13)10-19-7-2-5-17-19/h1-5,7,9,14,16H,6,8,10-11H2,(H,18,20). The van der Waals surface area contributed by atoms with Crippen molar-refractivity contribution in [3.63, 3.8) is 0 Å². The third-order valence-corrected chi connectivity index (χ3v) is 3.34. The topological polar surface area (TPSA) is 68.2 Å². The van der Waals surface area contributed by atoms with Crippen LogP contribution < -0.4 is 10.6 Å². The van der Waals surface area contributed by atoms with Crippen molar-refractivity contribution in [2.24, 2.45) is 0 Å². The Morgan fingerprint density at radius 2 is 2.43 bits per heavy atom. The van der Waals surface area contributed by atoms with E-state index in [1.807, 2.05) is 41.2 Å². The molecule has 0 aliphatic carbocycles. The Bertz CT molecular complexity index is 591. The minimum absolute atomic E-state index is 0.0639. The molecule has 1 aromatic heterocycles. The van der Waals surface area contributed by atoms with Gasteiger partial charge in [-0.25, -0.2) is 0 Å². The third-order valence-electron chi connectivity index (χ3n) is 3.34. The largest absolute Gasteiger partial charge is 0.378 e. The van der Waals surface area contributed by atoms with E-state index in [0.29, 0.717) is 26.3 Å². The summed E-state index contributed by atoms with van der Waals surface area (Å²) < 4.78 is 7.14. The van der Waals surface area contributed by atoms with Gasteiger partial charge in [-0.1, -0.05) is 12.1 Å². The highest BCUT2D eigenvalue weighted by atomic mass is 16.5. The lowest BCUT2D eigenvalue weighted by Gasteiger charge is -2.23. The van der Waals surface area contributed by atoms with Crippen LogP contribution in [0.4, 0.5) is 5.69 Å². The van der Waals surface area contributed by atoms with E-state index in [0.717, 1.165) is 11.3 Å². The second-order valence-corrected chi connectivity index (χ2v) is 4.97. The van der Waals surface area contributed by atoms with Crippen LogP contribution >= 0.6 is 0 Å². The second-order valence-electron chi connectivity index (χ2n) is 4.97. The van der Waals surface area contributed by atoms with Gasteiger partial charge in [0.25, 0.3) is 0 Å². The number of carbonyl (C=O) groups is 1. The Labute approximate surface area is 123 Å². The number of aromatic nitrogens is 2. The van der Waals surface area contributed by atoms with Gasteiger partial charge >= 0.3 is 0 Å². The van der Waals surface area contributed by atoms with Gasteiger partial charge < -0.3 is 15.4 Å². The molecule has 3 rings (SSSR count). The summed E-state index contributed by atoms with van der Waals surface area (Å²) in [5, 5.41) is 10.2. The first-order valence-electron chi connectivity index (χ1n) is 6.99. The first-order valence-corrected chi connectivity index (χ1v) is 6.99. The molecule has 6 nitrogen and oxygen atoms in total. The maximum absolute atomic E-state index is 12.1. The highest BCUT2D eigenvalue weighted by Crippen LogP contribution is 2.12. The van der Waals surface area contributed by atoms with Crippen LogP contribution in [0.15, 0.2) is 42.7 Å². The summed E-state index contributed by atoms with van der Waals surface area (Å²) in [7, 11) is 0. The lowest BCUT2D eigenvalue weighted by molar-refractivity contribution is -0.120. The molecule has 1 amide bonds. The minimum atomic E-state index is -0.284. The molecule has 2 N–H and O–H groups in total. The van der Waals surface area contributed by atoms with E-state index in [1.54, 1.807) is 6.20 Å². The van der Waals surface area contributed by atoms with E-state index < -0.39 is 0 Å². The van der Waals surface area contributed by atoms with Gasteiger partial charge in [-0.3, -0.25) is 9.48 Å². The highest BCUT2D eigenvalue weighted by Gasteiger charge is 2.21. The molecule has 1 saturated heterocycles. The molecule has 6 heteroatoms. The van der Waals surface area contributed by atoms with Gasteiger partial charge in [0, 0.05) is 24.6 Å². The normalized spacial score (nSPS) is 18.4. The van der Waals surface area contributed by atoms with Crippen LogP contribution in [0.5, 0.6) is 0 Å². The van der Waals surface area contributed by atoms with Gasteiger partial charge in [-0.05, 0) is 23.8 Å². The number of morpholine rings is 1. The van der Waals surface area contributed by atoms with Gasteiger partial charge in [0.05, 0.1) is 19.8 Å². The van der Waals surface area contributed by atoms with Crippen molar-refractivity contribution in [1.29, 1.82) is 0 Å². The molecule has 1 aromatic carbocycles. The molecule has 1 aliphatic rings. The van der Waals surface area contributed by atoms with Crippen LogP contribution in [-0.2, 0) is 16.1 Å². The summed E-state index contributed by atoms with van der Waals surface area (Å²) in [5.41, 5.74) is 1.88. The van der Waals surface area contributed by atoms with Crippen molar-refractivity contribution in [1.82, 2.24) is 15.1 Å². The van der Waals surface area contributed by atoms with E-state index in [9.17, 15) is 4.79 Å². The number of rotatable bonds is 4. The van der Waals surface area contributed by atoms with Gasteiger partial charge in [-0.15, -0.1) is 0 Å². The molecule has 1 unspecified atom stereocenters. The highest BCUT2D eigenvalue weighted by molar-refractivity contribution is 5.95. The van der Waals surface area contributed by atoms with Crippen molar-refractivity contribution in [2.45, 2.75) is 12.6 Å². The van der Waals surface area contributed by atoms with Crippen LogP contribution in [0.25, 0.3) is 0 Å². The smallest absolute Gasteiger partial charge is 0.243 e. The van der Waals surface area contributed by atoms with Crippen molar-refractivity contribution >= 4 is 11.6 Å². The zero-order chi connectivity index (χ0) is 14.5. The molecular weight excluding hydrogens is 268 g/mol. The molecule has 110 valence electrons. The number of nitrogens with zero attached hydrogens (tertiary/aromatic N) is 2. The lowest BCUT2D eigenvalue weighted by Crippen LogP contribution is -2.48. The average Bonchev–Trinajstić information content (AvgIpc) is 3.01. The van der Waals surface area contributed by atoms with Crippen molar-refractivity contribution in [3.05, 3.63) is 48.3 Å². The molecule has 0 radical (unpaired) electrons. The maximum atomic E-state index is 12.1. The van der Waals surface area contributed by atoms with E-state index in [2.05, 4.69) is 15.7 Å². The van der Waals surface area contributed by atoms with E-state index in [-0.39, 0.29) is 11.9 Å². The summed E-state index contributed by atoms with van der Waals surface area (Å²) in [4.78, 5) is 12.1. The first kappa shape index (κ1) is 13.8. The van der Waals surface area contributed by atoms with E-state index in [4.69, 9.17) is 4.74 Å². The Kier molecular flexibility index (Phi) is 4.28. The average molecular weight is 286 g/mol. The Morgan fingerprint density at radius 3 is 3.19 bits per heavy atom. The molecule has 2 heterocycles. The Balaban J connectivity index is 1.63. The molecule has 0 saturated carbocycles. The number of carbonyl (C=O) groups excluding carboxylic acids is 1. The van der Waals surface area contributed by atoms with Crippen LogP contribution in [0.3, 0.4) is 0 Å². The molecular formula is C15H18N4O2. The predicted molar refractivity (Wildman–Crippen MR) is 79.0 cm³/mol. The Morgan fingerprint density at radius 1 is 1.48 bits per heavy atom. The molecule has 2 aromatic rings. The summed E-state index contributed by atoms with van der Waals surface area (Å²) in [6.07, 6.45) is 3.66. The van der Waals surface area contributed by atoms with E-state index in [1.165, 1.54) is 0 Å². The zero-order valence-corrected chi connectivity index (χ0v) is 11.7. The summed E-state index contributed by atoms with van der Waals surface area (Å²) >= 11 is 0. The van der Waals surface area contributed by atoms with Crippen molar-refractivity contribution in [2.75, 3.05) is 25.1 Å². The van der Waals surface area contributed by atoms with Gasteiger partial charge in [-0.2, -0.15) is 5.10 Å². The number of amides is 1. The molecule has 0 bridgehead atoms. The predicted octanol–water partition coefficient (Wildman–Crippen LogP) is 0.858. The van der Waals surface area contributed by atoms with Crippen molar-refractivity contribution in [3.8, 4) is 0 Å². The van der Waals surface area contributed by atoms with Crippen molar-refractivity contribution < 1.29 is 9.53 Å². The molecule has 1 fully saturated rings. The zero-order valence-electron chi connectivity index (χ0n) is 11.7. The molecule has 1 aliphatic heterocycles. The molecule has 0 spiro atoms. The van der Waals surface area contributed by atoms with Crippen LogP contribution in [0.1, 0.15) is 5.56 Å². The monoisotopic (exact) mass is 286 g/mol. The second kappa shape index (κ2) is 6.51. The van der Waals surface area contributed by atoms with Gasteiger partial charge in [0.2, 0.25) is 5.91 Å². The fraction of sp³-hybridized carbons (Fsp3) is 0.333. The number of nitrogens with one attached hydrogen (secondary N) is 2. The van der Waals surface area contributed by atoms with E-state index >= 15 is 0 Å². The minimum Gasteiger partial charge on any atom is -0.378 e. The quantitative estimate of drug-likeness (QED) is 0.874. The summed E-state index contributed by atoms with van der Waals surface area (Å²) in [6, 6.07) is 9.39. The summed E-state index contributed by atoms with van der Waals surface area (Å²) in [5.74, 6) is -0.0639. The number of ether oxygens (including phenoxy) is 1. The third kappa shape index (κ3) is 3.68.